The van der Waals surface area contributed by atoms with Crippen LogP contribution in [0.25, 0.3) is 22.2 Å². The van der Waals surface area contributed by atoms with Crippen molar-refractivity contribution in [3.05, 3.63) is 35.5 Å². The van der Waals surface area contributed by atoms with E-state index in [9.17, 15) is 13.2 Å². The maximum absolute atomic E-state index is 12.6. The maximum Gasteiger partial charge on any atom is 0.449 e. The zero-order valence-corrected chi connectivity index (χ0v) is 10.7. The smallest absolute Gasteiger partial charge is 0.361 e. The molecular weight excluding hydrogens is 271 g/mol. The number of hydrogen-bond donors (Lipinski definition) is 1. The molecule has 0 bridgehead atoms. The molecule has 0 unspecified atom stereocenters. The van der Waals surface area contributed by atoms with Crippen LogP contribution in [0.15, 0.2) is 22.7 Å². The fourth-order valence-electron chi connectivity index (χ4n) is 2.19. The SMILES string of the molecule is Cc1noc(C)c1-c1ccc2nc(C(F)(F)F)[nH]c2c1. The monoisotopic (exact) mass is 281 g/mol. The number of fused-ring (bicyclic) bond motifs is 1. The highest BCUT2D eigenvalue weighted by Crippen LogP contribution is 2.32. The van der Waals surface area contributed by atoms with E-state index in [2.05, 4.69) is 15.1 Å². The summed E-state index contributed by atoms with van der Waals surface area (Å²) in [5, 5.41) is 3.84. The van der Waals surface area contributed by atoms with Gasteiger partial charge in [-0.15, -0.1) is 0 Å². The Kier molecular flexibility index (Phi) is 2.60. The van der Waals surface area contributed by atoms with E-state index in [0.29, 0.717) is 17.0 Å². The quantitative estimate of drug-likeness (QED) is 0.737. The number of imidazole rings is 1. The van der Waals surface area contributed by atoms with Crippen molar-refractivity contribution < 1.29 is 17.7 Å². The van der Waals surface area contributed by atoms with Crippen LogP contribution in [0.3, 0.4) is 0 Å². The second-order valence-electron chi connectivity index (χ2n) is 4.51. The summed E-state index contributed by atoms with van der Waals surface area (Å²) in [6.45, 7) is 3.54. The molecule has 0 aliphatic carbocycles. The molecule has 7 heteroatoms. The van der Waals surface area contributed by atoms with E-state index >= 15 is 0 Å². The fraction of sp³-hybridized carbons (Fsp3) is 0.231. The van der Waals surface area contributed by atoms with Crippen LogP contribution in [-0.4, -0.2) is 15.1 Å². The van der Waals surface area contributed by atoms with Crippen LogP contribution < -0.4 is 0 Å². The summed E-state index contributed by atoms with van der Waals surface area (Å²) >= 11 is 0. The molecule has 20 heavy (non-hydrogen) atoms. The van der Waals surface area contributed by atoms with Gasteiger partial charge in [-0.1, -0.05) is 11.2 Å². The normalized spacial score (nSPS) is 12.2. The summed E-state index contributed by atoms with van der Waals surface area (Å²) in [7, 11) is 0. The Hall–Kier alpha value is -2.31. The number of benzene rings is 1. The zero-order chi connectivity index (χ0) is 14.5. The molecule has 1 aromatic carbocycles. The highest BCUT2D eigenvalue weighted by atomic mass is 19.4. The van der Waals surface area contributed by atoms with Gasteiger partial charge in [0, 0.05) is 5.56 Å². The number of H-pyrrole nitrogens is 1. The van der Waals surface area contributed by atoms with E-state index in [1.54, 1.807) is 32.0 Å². The number of aromatic nitrogens is 3. The first-order chi connectivity index (χ1) is 9.36. The van der Waals surface area contributed by atoms with Crippen LogP contribution in [0.2, 0.25) is 0 Å². The number of alkyl halides is 3. The van der Waals surface area contributed by atoms with Gasteiger partial charge in [-0.2, -0.15) is 13.2 Å². The van der Waals surface area contributed by atoms with E-state index in [0.717, 1.165) is 11.1 Å². The summed E-state index contributed by atoms with van der Waals surface area (Å²) in [5.41, 5.74) is 2.82. The van der Waals surface area contributed by atoms with Crippen LogP contribution in [-0.2, 0) is 6.18 Å². The topological polar surface area (TPSA) is 54.7 Å². The molecule has 3 aromatic rings. The van der Waals surface area contributed by atoms with E-state index in [1.807, 2.05) is 0 Å². The largest absolute Gasteiger partial charge is 0.449 e. The van der Waals surface area contributed by atoms with Gasteiger partial charge in [0.15, 0.2) is 0 Å². The van der Waals surface area contributed by atoms with Crippen LogP contribution >= 0.6 is 0 Å². The highest BCUT2D eigenvalue weighted by Gasteiger charge is 2.34. The van der Waals surface area contributed by atoms with Crippen molar-refractivity contribution in [1.29, 1.82) is 0 Å². The Bertz CT molecular complexity index is 766. The molecule has 2 aromatic heterocycles. The van der Waals surface area contributed by atoms with Gasteiger partial charge in [0.1, 0.15) is 5.76 Å². The van der Waals surface area contributed by atoms with Crippen LogP contribution in [0.5, 0.6) is 0 Å². The first-order valence-electron chi connectivity index (χ1n) is 5.86. The molecule has 0 saturated carbocycles. The molecule has 0 radical (unpaired) electrons. The third kappa shape index (κ3) is 1.95. The van der Waals surface area contributed by atoms with Crippen molar-refractivity contribution in [2.45, 2.75) is 20.0 Å². The van der Waals surface area contributed by atoms with E-state index < -0.39 is 12.0 Å². The molecule has 0 aliphatic heterocycles. The van der Waals surface area contributed by atoms with Crippen LogP contribution in [0, 0.1) is 13.8 Å². The molecule has 0 saturated heterocycles. The summed E-state index contributed by atoms with van der Waals surface area (Å²) in [4.78, 5) is 5.82. The van der Waals surface area contributed by atoms with Crippen molar-refractivity contribution in [1.82, 2.24) is 15.1 Å². The molecule has 0 aliphatic rings. The Labute approximate surface area is 111 Å². The molecule has 0 spiro atoms. The van der Waals surface area contributed by atoms with Gasteiger partial charge in [0.25, 0.3) is 0 Å². The Morgan fingerprint density at radius 1 is 1.20 bits per heavy atom. The fourth-order valence-corrected chi connectivity index (χ4v) is 2.19. The minimum absolute atomic E-state index is 0.271. The van der Waals surface area contributed by atoms with Crippen molar-refractivity contribution in [3.63, 3.8) is 0 Å². The number of nitrogens with one attached hydrogen (secondary N) is 1. The lowest BCUT2D eigenvalue weighted by atomic mass is 10.0. The first kappa shape index (κ1) is 12.7. The summed E-state index contributed by atoms with van der Waals surface area (Å²) in [6.07, 6.45) is -4.48. The average Bonchev–Trinajstić information content (AvgIpc) is 2.92. The Balaban J connectivity index is 2.16. The van der Waals surface area contributed by atoms with Gasteiger partial charge < -0.3 is 9.51 Å². The standard InChI is InChI=1S/C13H10F3N3O/c1-6-11(7(2)20-19-6)8-3-4-9-10(5-8)18-12(17-9)13(14,15)16/h3-5H,1-2H3,(H,17,18). The number of aryl methyl sites for hydroxylation is 2. The predicted molar refractivity (Wildman–Crippen MR) is 66.1 cm³/mol. The summed E-state index contributed by atoms with van der Waals surface area (Å²) in [5.74, 6) is -0.374. The van der Waals surface area contributed by atoms with Gasteiger partial charge in [-0.05, 0) is 31.5 Å². The van der Waals surface area contributed by atoms with Crippen molar-refractivity contribution in [3.8, 4) is 11.1 Å². The molecule has 104 valence electrons. The molecule has 0 atom stereocenters. The van der Waals surface area contributed by atoms with Gasteiger partial charge in [-0.3, -0.25) is 0 Å². The molecular formula is C13H10F3N3O. The molecule has 0 fully saturated rings. The third-order valence-electron chi connectivity index (χ3n) is 3.07. The Morgan fingerprint density at radius 2 is 1.95 bits per heavy atom. The van der Waals surface area contributed by atoms with Crippen molar-refractivity contribution >= 4 is 11.0 Å². The number of hydrogen-bond acceptors (Lipinski definition) is 3. The van der Waals surface area contributed by atoms with Gasteiger partial charge >= 0.3 is 6.18 Å². The molecule has 0 amide bonds. The second-order valence-corrected chi connectivity index (χ2v) is 4.51. The second kappa shape index (κ2) is 4.09. The Morgan fingerprint density at radius 3 is 2.55 bits per heavy atom. The number of halogens is 3. The van der Waals surface area contributed by atoms with E-state index in [-0.39, 0.29) is 5.52 Å². The van der Waals surface area contributed by atoms with Crippen LogP contribution in [0.4, 0.5) is 13.2 Å². The zero-order valence-electron chi connectivity index (χ0n) is 10.7. The lowest BCUT2D eigenvalue weighted by Crippen LogP contribution is -2.06. The number of nitrogens with zero attached hydrogens (tertiary/aromatic N) is 2. The summed E-state index contributed by atoms with van der Waals surface area (Å²) < 4.78 is 42.9. The predicted octanol–water partition coefficient (Wildman–Crippen LogP) is 3.85. The van der Waals surface area contributed by atoms with Gasteiger partial charge in [0.2, 0.25) is 5.82 Å². The van der Waals surface area contributed by atoms with E-state index in [1.165, 1.54) is 0 Å². The number of rotatable bonds is 1. The lowest BCUT2D eigenvalue weighted by Gasteiger charge is -2.00. The van der Waals surface area contributed by atoms with E-state index in [4.69, 9.17) is 4.52 Å². The minimum atomic E-state index is -4.48. The maximum atomic E-state index is 12.6. The van der Waals surface area contributed by atoms with Gasteiger partial charge in [-0.25, -0.2) is 4.98 Å². The molecule has 3 rings (SSSR count). The number of aromatic amines is 1. The van der Waals surface area contributed by atoms with Crippen LogP contribution in [0.1, 0.15) is 17.3 Å². The third-order valence-corrected chi connectivity index (χ3v) is 3.07. The molecule has 1 N–H and O–H groups in total. The van der Waals surface area contributed by atoms with Crippen molar-refractivity contribution in [2.24, 2.45) is 0 Å². The minimum Gasteiger partial charge on any atom is -0.361 e. The highest BCUT2D eigenvalue weighted by molar-refractivity contribution is 5.83. The molecule has 2 heterocycles. The molecule has 4 nitrogen and oxygen atoms in total. The first-order valence-corrected chi connectivity index (χ1v) is 5.86. The van der Waals surface area contributed by atoms with Gasteiger partial charge in [0.05, 0.1) is 16.7 Å². The lowest BCUT2D eigenvalue weighted by molar-refractivity contribution is -0.144. The average molecular weight is 281 g/mol. The van der Waals surface area contributed by atoms with Crippen molar-refractivity contribution in [2.75, 3.05) is 0 Å². The summed E-state index contributed by atoms with van der Waals surface area (Å²) in [6, 6.07) is 4.86.